The number of aryl methyl sites for hydroxylation is 1. The maximum atomic E-state index is 5.48. The van der Waals surface area contributed by atoms with Crippen LogP contribution in [0.15, 0.2) is 30.3 Å². The monoisotopic (exact) mass is 255 g/mol. The first kappa shape index (κ1) is 13.5. The second-order valence-electron chi connectivity index (χ2n) is 4.86. The van der Waals surface area contributed by atoms with E-state index in [0.717, 1.165) is 11.4 Å². The van der Waals surface area contributed by atoms with Crippen molar-refractivity contribution < 1.29 is 4.74 Å². The molecule has 0 aliphatic carbocycles. The summed E-state index contributed by atoms with van der Waals surface area (Å²) >= 11 is 0. The van der Waals surface area contributed by atoms with E-state index < -0.39 is 0 Å². The molecule has 2 nitrogen and oxygen atoms in total. The highest BCUT2D eigenvalue weighted by Gasteiger charge is 2.12. The second-order valence-corrected chi connectivity index (χ2v) is 4.86. The Morgan fingerprint density at radius 3 is 2.37 bits per heavy atom. The molecule has 0 atom stereocenters. The van der Waals surface area contributed by atoms with Crippen LogP contribution in [-0.4, -0.2) is 14.2 Å². The predicted molar refractivity (Wildman–Crippen MR) is 82.2 cm³/mol. The van der Waals surface area contributed by atoms with Gasteiger partial charge in [-0.05, 0) is 66.8 Å². The molecule has 0 fully saturated rings. The molecule has 0 aliphatic rings. The van der Waals surface area contributed by atoms with Gasteiger partial charge in [0, 0.05) is 12.7 Å². The maximum absolute atomic E-state index is 5.48. The van der Waals surface area contributed by atoms with Crippen LogP contribution in [0.25, 0.3) is 11.1 Å². The van der Waals surface area contributed by atoms with Crippen molar-refractivity contribution in [3.8, 4) is 16.9 Å². The Bertz CT molecular complexity index is 602. The van der Waals surface area contributed by atoms with E-state index in [-0.39, 0.29) is 0 Å². The molecular formula is C17H21NO. The lowest BCUT2D eigenvalue weighted by atomic mass is 9.93. The molecule has 0 unspecified atom stereocenters. The Morgan fingerprint density at radius 2 is 1.74 bits per heavy atom. The fraction of sp³-hybridized carbons (Fsp3) is 0.294. The number of anilines is 1. The van der Waals surface area contributed by atoms with Crippen LogP contribution in [0.2, 0.25) is 0 Å². The molecule has 100 valence electrons. The highest BCUT2D eigenvalue weighted by Crippen LogP contribution is 2.34. The third-order valence-electron chi connectivity index (χ3n) is 3.69. The maximum Gasteiger partial charge on any atom is 0.124 e. The summed E-state index contributed by atoms with van der Waals surface area (Å²) in [5.74, 6) is 0.992. The van der Waals surface area contributed by atoms with Crippen LogP contribution in [0.1, 0.15) is 16.7 Å². The Kier molecular flexibility index (Phi) is 3.79. The van der Waals surface area contributed by atoms with Gasteiger partial charge in [0.15, 0.2) is 0 Å². The van der Waals surface area contributed by atoms with Gasteiger partial charge in [0.2, 0.25) is 0 Å². The molecule has 0 amide bonds. The highest BCUT2D eigenvalue weighted by molar-refractivity contribution is 5.74. The van der Waals surface area contributed by atoms with Gasteiger partial charge in [-0.2, -0.15) is 0 Å². The molecule has 0 bridgehead atoms. The number of benzene rings is 2. The van der Waals surface area contributed by atoms with E-state index >= 15 is 0 Å². The molecule has 2 aromatic carbocycles. The normalized spacial score (nSPS) is 10.4. The van der Waals surface area contributed by atoms with Crippen molar-refractivity contribution in [1.29, 1.82) is 0 Å². The molecule has 19 heavy (non-hydrogen) atoms. The number of nitrogens with one attached hydrogen (secondary N) is 1. The molecule has 0 saturated heterocycles. The van der Waals surface area contributed by atoms with E-state index in [2.05, 4.69) is 56.4 Å². The lowest BCUT2D eigenvalue weighted by Crippen LogP contribution is -1.97. The third kappa shape index (κ3) is 2.43. The zero-order valence-corrected chi connectivity index (χ0v) is 12.3. The molecule has 2 aromatic rings. The molecule has 1 N–H and O–H groups in total. The number of ether oxygens (including phenoxy) is 1. The van der Waals surface area contributed by atoms with Crippen LogP contribution < -0.4 is 10.1 Å². The summed E-state index contributed by atoms with van der Waals surface area (Å²) in [6.45, 7) is 6.36. The molecule has 0 heterocycles. The molecule has 0 aromatic heterocycles. The summed E-state index contributed by atoms with van der Waals surface area (Å²) in [7, 11) is 3.67. The predicted octanol–water partition coefficient (Wildman–Crippen LogP) is 4.33. The molecule has 0 radical (unpaired) electrons. The summed E-state index contributed by atoms with van der Waals surface area (Å²) in [4.78, 5) is 0. The van der Waals surface area contributed by atoms with Crippen molar-refractivity contribution in [3.05, 3.63) is 47.0 Å². The first-order valence-electron chi connectivity index (χ1n) is 6.51. The van der Waals surface area contributed by atoms with E-state index in [9.17, 15) is 0 Å². The van der Waals surface area contributed by atoms with Gasteiger partial charge in [0.05, 0.1) is 7.11 Å². The summed E-state index contributed by atoms with van der Waals surface area (Å²) in [5, 5.41) is 3.18. The average molecular weight is 255 g/mol. The fourth-order valence-corrected chi connectivity index (χ4v) is 2.51. The van der Waals surface area contributed by atoms with Gasteiger partial charge in [-0.1, -0.05) is 12.1 Å². The van der Waals surface area contributed by atoms with Gasteiger partial charge in [0.1, 0.15) is 5.75 Å². The summed E-state index contributed by atoms with van der Waals surface area (Å²) in [6, 6.07) is 10.7. The number of methoxy groups -OCH3 is 1. The van der Waals surface area contributed by atoms with Crippen LogP contribution in [0.5, 0.6) is 5.75 Å². The molecule has 0 saturated carbocycles. The highest BCUT2D eigenvalue weighted by atomic mass is 16.5. The SMILES string of the molecule is CNc1cccc(-c2cc(C)c(OC)c(C)c2C)c1. The largest absolute Gasteiger partial charge is 0.496 e. The molecular weight excluding hydrogens is 234 g/mol. The number of hydrogen-bond donors (Lipinski definition) is 1. The van der Waals surface area contributed by atoms with Crippen LogP contribution in [-0.2, 0) is 0 Å². The van der Waals surface area contributed by atoms with Crippen molar-refractivity contribution in [3.63, 3.8) is 0 Å². The minimum absolute atomic E-state index is 0.992. The lowest BCUT2D eigenvalue weighted by molar-refractivity contribution is 0.408. The van der Waals surface area contributed by atoms with Crippen molar-refractivity contribution in [2.24, 2.45) is 0 Å². The van der Waals surface area contributed by atoms with E-state index in [0.29, 0.717) is 0 Å². The minimum Gasteiger partial charge on any atom is -0.496 e. The van der Waals surface area contributed by atoms with Gasteiger partial charge in [-0.15, -0.1) is 0 Å². The molecule has 2 rings (SSSR count). The standard InChI is InChI=1S/C17H21NO/c1-11-9-16(12(2)13(3)17(11)19-5)14-7-6-8-15(10-14)18-4/h6-10,18H,1-5H3. The van der Waals surface area contributed by atoms with Crippen molar-refractivity contribution >= 4 is 5.69 Å². The zero-order chi connectivity index (χ0) is 14.0. The topological polar surface area (TPSA) is 21.3 Å². The second kappa shape index (κ2) is 5.35. The first-order chi connectivity index (χ1) is 9.08. The Balaban J connectivity index is 2.62. The molecule has 2 heteroatoms. The van der Waals surface area contributed by atoms with Gasteiger partial charge in [-0.3, -0.25) is 0 Å². The van der Waals surface area contributed by atoms with Gasteiger partial charge in [-0.25, -0.2) is 0 Å². The van der Waals surface area contributed by atoms with Gasteiger partial charge in [0.25, 0.3) is 0 Å². The van der Waals surface area contributed by atoms with Crippen LogP contribution >= 0.6 is 0 Å². The van der Waals surface area contributed by atoms with E-state index in [1.54, 1.807) is 7.11 Å². The number of rotatable bonds is 3. The Morgan fingerprint density at radius 1 is 1.00 bits per heavy atom. The van der Waals surface area contributed by atoms with Crippen LogP contribution in [0, 0.1) is 20.8 Å². The Hall–Kier alpha value is -1.96. The zero-order valence-electron chi connectivity index (χ0n) is 12.3. The van der Waals surface area contributed by atoms with Gasteiger partial charge >= 0.3 is 0 Å². The van der Waals surface area contributed by atoms with Crippen molar-refractivity contribution in [1.82, 2.24) is 0 Å². The third-order valence-corrected chi connectivity index (χ3v) is 3.69. The van der Waals surface area contributed by atoms with Crippen molar-refractivity contribution in [2.45, 2.75) is 20.8 Å². The number of hydrogen-bond acceptors (Lipinski definition) is 2. The Labute approximate surface area is 115 Å². The van der Waals surface area contributed by atoms with Gasteiger partial charge < -0.3 is 10.1 Å². The molecule has 0 spiro atoms. The van der Waals surface area contributed by atoms with E-state index in [1.165, 1.54) is 27.8 Å². The van der Waals surface area contributed by atoms with Crippen molar-refractivity contribution in [2.75, 3.05) is 19.5 Å². The van der Waals surface area contributed by atoms with E-state index in [1.807, 2.05) is 7.05 Å². The quantitative estimate of drug-likeness (QED) is 0.881. The summed E-state index contributed by atoms with van der Waals surface area (Å²) < 4.78 is 5.48. The fourth-order valence-electron chi connectivity index (χ4n) is 2.51. The summed E-state index contributed by atoms with van der Waals surface area (Å²) in [6.07, 6.45) is 0. The van der Waals surface area contributed by atoms with E-state index in [4.69, 9.17) is 4.74 Å². The minimum atomic E-state index is 0.992. The average Bonchev–Trinajstić information content (AvgIpc) is 2.43. The lowest BCUT2D eigenvalue weighted by Gasteiger charge is -2.16. The van der Waals surface area contributed by atoms with Crippen LogP contribution in [0.3, 0.4) is 0 Å². The summed E-state index contributed by atoms with van der Waals surface area (Å²) in [5.41, 5.74) is 7.30. The first-order valence-corrected chi connectivity index (χ1v) is 6.51. The smallest absolute Gasteiger partial charge is 0.124 e. The molecule has 0 aliphatic heterocycles. The van der Waals surface area contributed by atoms with Crippen LogP contribution in [0.4, 0.5) is 5.69 Å².